The molecule has 1 heterocycles. The van der Waals surface area contributed by atoms with E-state index < -0.39 is 0 Å². The van der Waals surface area contributed by atoms with Crippen molar-refractivity contribution in [2.24, 2.45) is 11.7 Å². The Hall–Kier alpha value is -0.900. The zero-order valence-electron chi connectivity index (χ0n) is 8.73. The van der Waals surface area contributed by atoms with Crippen molar-refractivity contribution < 1.29 is 4.52 Å². The molecular formula is C10H17N3O. The van der Waals surface area contributed by atoms with Gasteiger partial charge in [-0.15, -0.1) is 0 Å². The highest BCUT2D eigenvalue weighted by molar-refractivity contribution is 5.04. The van der Waals surface area contributed by atoms with Gasteiger partial charge in [-0.3, -0.25) is 0 Å². The fourth-order valence-electron chi connectivity index (χ4n) is 1.39. The van der Waals surface area contributed by atoms with Gasteiger partial charge in [0.2, 0.25) is 5.89 Å². The first-order valence-corrected chi connectivity index (χ1v) is 5.31. The van der Waals surface area contributed by atoms with Gasteiger partial charge in [-0.05, 0) is 18.8 Å². The zero-order valence-corrected chi connectivity index (χ0v) is 8.73. The highest BCUT2D eigenvalue weighted by Crippen LogP contribution is 2.38. The monoisotopic (exact) mass is 195 g/mol. The standard InChI is InChI=1S/C10H17N3O/c1-3-6(2)8(11)10-12-9(13-14-10)7-4-5-7/h6-8H,3-5,11H2,1-2H3/t6-,8-/m0/s1. The molecule has 0 aromatic carbocycles. The van der Waals surface area contributed by atoms with Crippen LogP contribution in [0, 0.1) is 5.92 Å². The van der Waals surface area contributed by atoms with Gasteiger partial charge in [0, 0.05) is 5.92 Å². The van der Waals surface area contributed by atoms with Crippen LogP contribution < -0.4 is 5.73 Å². The molecule has 0 aliphatic heterocycles. The van der Waals surface area contributed by atoms with Crippen molar-refractivity contribution in [1.82, 2.24) is 10.1 Å². The van der Waals surface area contributed by atoms with Crippen LogP contribution in [0.15, 0.2) is 4.52 Å². The second kappa shape index (κ2) is 3.69. The van der Waals surface area contributed by atoms with Crippen molar-refractivity contribution in [3.63, 3.8) is 0 Å². The van der Waals surface area contributed by atoms with Crippen LogP contribution in [0.5, 0.6) is 0 Å². The predicted octanol–water partition coefficient (Wildman–Crippen LogP) is 1.99. The summed E-state index contributed by atoms with van der Waals surface area (Å²) < 4.78 is 5.16. The van der Waals surface area contributed by atoms with E-state index in [0.29, 0.717) is 17.7 Å². The van der Waals surface area contributed by atoms with Crippen molar-refractivity contribution in [3.8, 4) is 0 Å². The minimum atomic E-state index is -0.111. The van der Waals surface area contributed by atoms with E-state index in [2.05, 4.69) is 24.0 Å². The summed E-state index contributed by atoms with van der Waals surface area (Å²) in [6, 6.07) is -0.111. The lowest BCUT2D eigenvalue weighted by molar-refractivity contribution is 0.310. The van der Waals surface area contributed by atoms with E-state index in [-0.39, 0.29) is 6.04 Å². The van der Waals surface area contributed by atoms with Crippen LogP contribution in [0.4, 0.5) is 0 Å². The molecular weight excluding hydrogens is 178 g/mol. The van der Waals surface area contributed by atoms with Gasteiger partial charge in [0.05, 0.1) is 6.04 Å². The predicted molar refractivity (Wildman–Crippen MR) is 52.7 cm³/mol. The molecule has 0 bridgehead atoms. The van der Waals surface area contributed by atoms with Gasteiger partial charge in [0.1, 0.15) is 0 Å². The van der Waals surface area contributed by atoms with Gasteiger partial charge in [-0.2, -0.15) is 4.98 Å². The van der Waals surface area contributed by atoms with E-state index in [1.165, 1.54) is 12.8 Å². The molecule has 2 N–H and O–H groups in total. The summed E-state index contributed by atoms with van der Waals surface area (Å²) in [7, 11) is 0. The summed E-state index contributed by atoms with van der Waals surface area (Å²) in [5.74, 6) is 2.37. The highest BCUT2D eigenvalue weighted by Gasteiger charge is 2.30. The first-order chi connectivity index (χ1) is 6.72. The Morgan fingerprint density at radius 3 is 2.86 bits per heavy atom. The Morgan fingerprint density at radius 1 is 1.57 bits per heavy atom. The van der Waals surface area contributed by atoms with Crippen molar-refractivity contribution in [2.45, 2.75) is 45.1 Å². The largest absolute Gasteiger partial charge is 0.338 e. The van der Waals surface area contributed by atoms with Gasteiger partial charge in [-0.1, -0.05) is 25.4 Å². The average Bonchev–Trinajstić information content (AvgIpc) is 2.94. The summed E-state index contributed by atoms with van der Waals surface area (Å²) in [4.78, 5) is 4.34. The van der Waals surface area contributed by atoms with Crippen molar-refractivity contribution in [3.05, 3.63) is 11.7 Å². The van der Waals surface area contributed by atoms with Crippen LogP contribution in [0.3, 0.4) is 0 Å². The molecule has 4 heteroatoms. The summed E-state index contributed by atoms with van der Waals surface area (Å²) in [5, 5.41) is 3.95. The normalized spacial score (nSPS) is 20.8. The third-order valence-electron chi connectivity index (χ3n) is 2.94. The van der Waals surface area contributed by atoms with Crippen molar-refractivity contribution in [1.29, 1.82) is 0 Å². The third kappa shape index (κ3) is 1.80. The zero-order chi connectivity index (χ0) is 10.1. The summed E-state index contributed by atoms with van der Waals surface area (Å²) in [6.07, 6.45) is 3.41. The van der Waals surface area contributed by atoms with E-state index >= 15 is 0 Å². The fraction of sp³-hybridized carbons (Fsp3) is 0.800. The topological polar surface area (TPSA) is 64.9 Å². The molecule has 1 aliphatic rings. The summed E-state index contributed by atoms with van der Waals surface area (Å²) in [5.41, 5.74) is 5.99. The molecule has 0 saturated heterocycles. The molecule has 1 aromatic rings. The number of hydrogen-bond donors (Lipinski definition) is 1. The summed E-state index contributed by atoms with van der Waals surface area (Å²) >= 11 is 0. The van der Waals surface area contributed by atoms with Crippen molar-refractivity contribution >= 4 is 0 Å². The lowest BCUT2D eigenvalue weighted by atomic mass is 10.0. The Balaban J connectivity index is 2.07. The van der Waals surface area contributed by atoms with E-state index in [9.17, 15) is 0 Å². The maximum atomic E-state index is 5.99. The molecule has 1 fully saturated rings. The van der Waals surface area contributed by atoms with Crippen molar-refractivity contribution in [2.75, 3.05) is 0 Å². The van der Waals surface area contributed by atoms with Crippen LogP contribution >= 0.6 is 0 Å². The highest BCUT2D eigenvalue weighted by atomic mass is 16.5. The Labute approximate surface area is 83.9 Å². The molecule has 1 aromatic heterocycles. The Morgan fingerprint density at radius 2 is 2.29 bits per heavy atom. The minimum absolute atomic E-state index is 0.111. The smallest absolute Gasteiger partial charge is 0.243 e. The number of rotatable bonds is 4. The molecule has 0 unspecified atom stereocenters. The minimum Gasteiger partial charge on any atom is -0.338 e. The lowest BCUT2D eigenvalue weighted by Gasteiger charge is -2.12. The van der Waals surface area contributed by atoms with Gasteiger partial charge < -0.3 is 10.3 Å². The molecule has 0 spiro atoms. The number of hydrogen-bond acceptors (Lipinski definition) is 4. The Bertz CT molecular complexity index is 306. The molecule has 1 aliphatic carbocycles. The SMILES string of the molecule is CC[C@H](C)[C@H](N)c1nc(C2CC2)no1. The third-order valence-corrected chi connectivity index (χ3v) is 2.94. The molecule has 0 radical (unpaired) electrons. The first-order valence-electron chi connectivity index (χ1n) is 5.31. The maximum Gasteiger partial charge on any atom is 0.243 e. The molecule has 2 atom stereocenters. The molecule has 4 nitrogen and oxygen atoms in total. The quantitative estimate of drug-likeness (QED) is 0.798. The molecule has 1 saturated carbocycles. The number of nitrogens with two attached hydrogens (primary N) is 1. The van der Waals surface area contributed by atoms with E-state index in [0.717, 1.165) is 12.2 Å². The van der Waals surface area contributed by atoms with Gasteiger partial charge in [0.15, 0.2) is 5.82 Å². The maximum absolute atomic E-state index is 5.99. The van der Waals surface area contributed by atoms with E-state index in [1.807, 2.05) is 0 Å². The molecule has 78 valence electrons. The Kier molecular flexibility index (Phi) is 2.54. The summed E-state index contributed by atoms with van der Waals surface area (Å²) in [6.45, 7) is 4.22. The van der Waals surface area contributed by atoms with Gasteiger partial charge in [-0.25, -0.2) is 0 Å². The van der Waals surface area contributed by atoms with Crippen LogP contribution in [0.1, 0.15) is 56.8 Å². The van der Waals surface area contributed by atoms with E-state index in [4.69, 9.17) is 10.3 Å². The number of aromatic nitrogens is 2. The van der Waals surface area contributed by atoms with Crippen LogP contribution in [0.25, 0.3) is 0 Å². The number of nitrogens with zero attached hydrogens (tertiary/aromatic N) is 2. The van der Waals surface area contributed by atoms with E-state index in [1.54, 1.807) is 0 Å². The molecule has 0 amide bonds. The van der Waals surface area contributed by atoms with Crippen LogP contribution in [-0.4, -0.2) is 10.1 Å². The average molecular weight is 195 g/mol. The van der Waals surface area contributed by atoms with Crippen LogP contribution in [-0.2, 0) is 0 Å². The van der Waals surface area contributed by atoms with Crippen LogP contribution in [0.2, 0.25) is 0 Å². The lowest BCUT2D eigenvalue weighted by Crippen LogP contribution is -2.18. The molecule has 14 heavy (non-hydrogen) atoms. The first kappa shape index (κ1) is 9.65. The van der Waals surface area contributed by atoms with Gasteiger partial charge in [0.25, 0.3) is 0 Å². The fourth-order valence-corrected chi connectivity index (χ4v) is 1.39. The molecule has 2 rings (SSSR count). The second-order valence-electron chi connectivity index (χ2n) is 4.18. The van der Waals surface area contributed by atoms with Gasteiger partial charge >= 0.3 is 0 Å². The second-order valence-corrected chi connectivity index (χ2v) is 4.18.